The van der Waals surface area contributed by atoms with E-state index >= 15 is 0 Å². The molecule has 0 bridgehead atoms. The second kappa shape index (κ2) is 78.9. The van der Waals surface area contributed by atoms with Gasteiger partial charge in [-0.2, -0.15) is 0 Å². The number of carbonyl (C=O) groups is 5. The zero-order chi connectivity index (χ0) is 76.7. The molecule has 4 amide bonds. The first-order chi connectivity index (χ1) is 50.3. The number of aliphatic hydroxyl groups is 2. The van der Waals surface area contributed by atoms with Gasteiger partial charge in [-0.25, -0.2) is 13.9 Å². The first kappa shape index (κ1) is 109. The predicted molar refractivity (Wildman–Crippen MR) is 418 cm³/mol. The van der Waals surface area contributed by atoms with Gasteiger partial charge in [0, 0.05) is 39.1 Å². The maximum absolute atomic E-state index is 13.8. The fourth-order valence-electron chi connectivity index (χ4n) is 11.7. The Hall–Kier alpha value is -1.31. The molecule has 0 heterocycles. The second-order valence-electron chi connectivity index (χ2n) is 28.2. The number of unbranched alkanes of at least 4 members (excludes halogenated alkanes) is 30. The van der Waals surface area contributed by atoms with Gasteiger partial charge in [-0.3, -0.25) is 37.3 Å². The van der Waals surface area contributed by atoms with E-state index in [0.717, 1.165) is 161 Å². The van der Waals surface area contributed by atoms with Gasteiger partial charge in [0.2, 0.25) is 11.8 Å². The van der Waals surface area contributed by atoms with Crippen LogP contribution in [-0.2, 0) is 65.4 Å². The molecule has 0 aromatic heterocycles. The predicted octanol–water partition coefficient (Wildman–Crippen LogP) is 12.3. The third-order valence-corrected chi connectivity index (χ3v) is 19.9. The Morgan fingerprint density at radius 2 is 0.660 bits per heavy atom. The molecule has 0 saturated heterocycles. The molecule has 27 heteroatoms. The van der Waals surface area contributed by atoms with Gasteiger partial charge in [0.15, 0.2) is 0 Å². The van der Waals surface area contributed by atoms with Crippen molar-refractivity contribution in [3.63, 3.8) is 0 Å². The third kappa shape index (κ3) is 75.4. The minimum Gasteiger partial charge on any atom is -1.00 e. The monoisotopic (exact) mass is 1570 g/mol. The van der Waals surface area contributed by atoms with Gasteiger partial charge in [-0.05, 0) is 103 Å². The summed E-state index contributed by atoms with van der Waals surface area (Å²) < 4.78 is 70.9. The number of phosphoric acid groups is 2. The van der Waals surface area contributed by atoms with Gasteiger partial charge in [0.05, 0.1) is 76.8 Å². The molecule has 4 unspecified atom stereocenters. The molecule has 0 spiro atoms. The molecule has 0 rings (SSSR count). The number of hydrogen-bond donors (Lipinski definition) is 8. The molecule has 0 fully saturated rings. The largest absolute Gasteiger partial charge is 1.00 e. The summed E-state index contributed by atoms with van der Waals surface area (Å²) >= 11 is 0. The summed E-state index contributed by atoms with van der Waals surface area (Å²) in [5.41, 5.74) is 0. The molecule has 616 valence electrons. The van der Waals surface area contributed by atoms with Crippen LogP contribution >= 0.6 is 15.6 Å². The molecule has 8 N–H and O–H groups in total. The van der Waals surface area contributed by atoms with Crippen LogP contribution in [0.4, 0.5) is 4.79 Å². The number of amides is 4. The van der Waals surface area contributed by atoms with Crippen LogP contribution in [0.5, 0.6) is 0 Å². The molecule has 8 atom stereocenters. The number of phosphoric ester groups is 2. The van der Waals surface area contributed by atoms with E-state index in [4.69, 9.17) is 37.0 Å². The zero-order valence-electron chi connectivity index (χ0n) is 70.1. The summed E-state index contributed by atoms with van der Waals surface area (Å²) in [6, 6.07) is -2.66. The van der Waals surface area contributed by atoms with Crippen LogP contribution in [0.15, 0.2) is 24.3 Å². The molecule has 0 radical (unpaired) electrons. The van der Waals surface area contributed by atoms with Crippen LogP contribution in [-0.4, -0.2) is 152 Å². The first-order valence-electron chi connectivity index (χ1n) is 41.4. The number of esters is 2. The van der Waals surface area contributed by atoms with Crippen molar-refractivity contribution in [2.24, 2.45) is 0 Å². The minimum absolute atomic E-state index is 0. The van der Waals surface area contributed by atoms with Gasteiger partial charge in [-0.1, -0.05) is 246 Å². The van der Waals surface area contributed by atoms with Crippen LogP contribution in [0, 0.1) is 0 Å². The molecule has 0 aromatic carbocycles. The first-order valence-corrected chi connectivity index (χ1v) is 44.4. The number of carbonyl (C=O) groups excluding carboxylic acids is 5. The van der Waals surface area contributed by atoms with Gasteiger partial charge in [0.25, 0.3) is 0 Å². The standard InChI is InChI=1S/C79H152N4O19P2.2Na.2H/c1-7-13-19-25-28-31-34-40-46-52-74(102-78(89)54-48-42-36-33-30-27-21-15-9-3)64-76(87)83-70(66-96-60-56-72(85)50-44-38-23-17-11-5)68-100-104(93,94)98-62-58-81-79(90)80-57-61-97-103(91,92)99-67-69(65-95-59-55-71(84)49-43-37-22-16-10-4)82-75(86)63-73(51-45-39-24-18-12-6)101-77(88)53-47-41-35-32-29-26-20-14-8-2;;;;/h32-33,35-36,69-74,84-85H,7-31,34,37-68H2,1-6H3,(H,82,86)(H,83,87)(H,91,92)(H,93,94)(H2,80,81,90);;;;/q;2*+1;2*-1/b35-32+,36-33+;;;;/t69?,70?,71-,72-,73-,74-;;;;/m1..../s1. The van der Waals surface area contributed by atoms with E-state index < -0.39 is 96.4 Å². The van der Waals surface area contributed by atoms with Crippen molar-refractivity contribution >= 4 is 45.4 Å². The Balaban J connectivity index is -0.00000884. The van der Waals surface area contributed by atoms with E-state index in [9.17, 15) is 53.1 Å². The van der Waals surface area contributed by atoms with Crippen LogP contribution in [0.1, 0.15) is 353 Å². The Labute approximate surface area is 690 Å². The van der Waals surface area contributed by atoms with Crippen molar-refractivity contribution in [2.75, 3.05) is 65.9 Å². The number of aliphatic hydroxyl groups excluding tert-OH is 2. The normalized spacial score (nSPS) is 14.4. The van der Waals surface area contributed by atoms with E-state index in [1.54, 1.807) is 0 Å². The summed E-state index contributed by atoms with van der Waals surface area (Å²) in [6.45, 7) is 10.5. The van der Waals surface area contributed by atoms with E-state index in [2.05, 4.69) is 87.1 Å². The van der Waals surface area contributed by atoms with Crippen molar-refractivity contribution < 1.29 is 152 Å². The number of allylic oxidation sites excluding steroid dienone is 4. The van der Waals surface area contributed by atoms with Crippen molar-refractivity contribution in [3.05, 3.63) is 24.3 Å². The van der Waals surface area contributed by atoms with Crippen LogP contribution in [0.25, 0.3) is 0 Å². The summed E-state index contributed by atoms with van der Waals surface area (Å²) in [5, 5.41) is 31.8. The smallest absolute Gasteiger partial charge is 1.00 e. The SMILES string of the molecule is CCCCCC/C=C/CCCC(=O)O[C@H](CCCCCCC)CC(=O)NC(COCC[C@H](O)CCCCCCC)COP(=O)(O)OCCNC(=O)NCCOP(=O)(O)OCC(COCC[C@H](O)CCCCCCC)NC(=O)C[C@@H](CCCCCCCCCCC)OC(=O)CCC/C=C/CCCCCC.[H-].[H-].[Na+].[Na+]. The average molecular weight is 1570 g/mol. The van der Waals surface area contributed by atoms with Gasteiger partial charge in [-0.15, -0.1) is 0 Å². The maximum Gasteiger partial charge on any atom is 1.00 e. The number of urea groups is 1. The topological polar surface area (TPSA) is 322 Å². The second-order valence-corrected chi connectivity index (χ2v) is 31.1. The van der Waals surface area contributed by atoms with E-state index in [-0.39, 0.29) is 139 Å². The van der Waals surface area contributed by atoms with Crippen LogP contribution in [0.2, 0.25) is 0 Å². The molecule has 23 nitrogen and oxygen atoms in total. The Bertz CT molecular complexity index is 2230. The minimum atomic E-state index is -4.79. The molecule has 0 aromatic rings. The molecular formula is C79H154N4Na2O19P2. The van der Waals surface area contributed by atoms with Gasteiger partial charge in [0.1, 0.15) is 12.2 Å². The zero-order valence-corrected chi connectivity index (χ0v) is 73.9. The maximum atomic E-state index is 13.8. The number of rotatable bonds is 78. The molecule has 0 aliphatic rings. The molecule has 0 aliphatic heterocycles. The fourth-order valence-corrected chi connectivity index (χ4v) is 13.2. The average Bonchev–Trinajstić information content (AvgIpc) is 0.906. The molecule has 0 aliphatic carbocycles. The van der Waals surface area contributed by atoms with E-state index in [1.807, 2.05) is 0 Å². The van der Waals surface area contributed by atoms with Crippen molar-refractivity contribution in [3.8, 4) is 0 Å². The fraction of sp³-hybridized carbons (Fsp3) is 0.886. The summed E-state index contributed by atoms with van der Waals surface area (Å²) in [7, 11) is -9.58. The van der Waals surface area contributed by atoms with Crippen LogP contribution in [0.3, 0.4) is 0 Å². The van der Waals surface area contributed by atoms with E-state index in [0.29, 0.717) is 51.4 Å². The summed E-state index contributed by atoms with van der Waals surface area (Å²) in [4.78, 5) is 87.9. The van der Waals surface area contributed by atoms with Crippen molar-refractivity contribution in [1.29, 1.82) is 0 Å². The number of nitrogens with one attached hydrogen (secondary N) is 4. The van der Waals surface area contributed by atoms with Gasteiger partial charge < -0.3 is 63.1 Å². The molecule has 106 heavy (non-hydrogen) atoms. The Morgan fingerprint density at radius 3 is 0.991 bits per heavy atom. The van der Waals surface area contributed by atoms with Gasteiger partial charge >= 0.3 is 92.7 Å². The summed E-state index contributed by atoms with van der Waals surface area (Å²) in [5.74, 6) is -1.69. The third-order valence-electron chi connectivity index (χ3n) is 18.0. The number of hydrogen-bond acceptors (Lipinski definition) is 17. The quantitative estimate of drug-likeness (QED) is 0.00922. The summed E-state index contributed by atoms with van der Waals surface area (Å²) in [6.07, 6.45) is 48.8. The number of ether oxygens (including phenoxy) is 4. The molecular weight excluding hydrogens is 1420 g/mol. The van der Waals surface area contributed by atoms with Crippen molar-refractivity contribution in [2.45, 2.75) is 386 Å². The Morgan fingerprint density at radius 1 is 0.368 bits per heavy atom. The molecule has 0 saturated carbocycles. The Kier molecular flexibility index (Phi) is 81.1. The van der Waals surface area contributed by atoms with E-state index in [1.165, 1.54) is 70.6 Å². The van der Waals surface area contributed by atoms with Crippen LogP contribution < -0.4 is 80.4 Å². The van der Waals surface area contributed by atoms with Crippen molar-refractivity contribution in [1.82, 2.24) is 21.3 Å².